The van der Waals surface area contributed by atoms with E-state index < -0.39 is 0 Å². The molecule has 20 heavy (non-hydrogen) atoms. The topological polar surface area (TPSA) is 78.8 Å². The maximum absolute atomic E-state index is 5.87. The van der Waals surface area contributed by atoms with Gasteiger partial charge in [0.05, 0.1) is 0 Å². The molecule has 108 valence electrons. The van der Waals surface area contributed by atoms with Crippen molar-refractivity contribution in [1.82, 2.24) is 20.2 Å². The zero-order valence-electron chi connectivity index (χ0n) is 12.0. The molecule has 0 bridgehead atoms. The van der Waals surface area contributed by atoms with E-state index in [1.54, 1.807) is 4.68 Å². The molecule has 6 nitrogen and oxygen atoms in total. The van der Waals surface area contributed by atoms with Crippen molar-refractivity contribution in [2.45, 2.75) is 33.2 Å². The molecular formula is C14H21N5O. The summed E-state index contributed by atoms with van der Waals surface area (Å²) in [6.45, 7) is 6.37. The first kappa shape index (κ1) is 14.5. The number of aromatic nitrogens is 4. The summed E-state index contributed by atoms with van der Waals surface area (Å²) >= 11 is 0. The van der Waals surface area contributed by atoms with E-state index in [1.165, 1.54) is 0 Å². The van der Waals surface area contributed by atoms with Gasteiger partial charge in [-0.1, -0.05) is 6.92 Å². The number of hydrogen-bond acceptors (Lipinski definition) is 5. The summed E-state index contributed by atoms with van der Waals surface area (Å²) in [5.41, 5.74) is 8.64. The van der Waals surface area contributed by atoms with Gasteiger partial charge in [0.1, 0.15) is 0 Å². The zero-order valence-corrected chi connectivity index (χ0v) is 12.0. The van der Waals surface area contributed by atoms with Gasteiger partial charge in [0.15, 0.2) is 5.82 Å². The predicted molar refractivity (Wildman–Crippen MR) is 78.1 cm³/mol. The fourth-order valence-corrected chi connectivity index (χ4v) is 2.07. The Morgan fingerprint density at radius 1 is 1.25 bits per heavy atom. The third-order valence-corrected chi connectivity index (χ3v) is 2.90. The fourth-order valence-electron chi connectivity index (χ4n) is 2.07. The standard InChI is InChI=1S/C14H21N5O/c1-3-6-20-7-4-5-19-14(16-17-18-19)12-8-11(2)9-13(15)10-12/h8-10H,3-7,15H2,1-2H3. The average molecular weight is 275 g/mol. The van der Waals surface area contributed by atoms with Crippen molar-refractivity contribution < 1.29 is 4.74 Å². The van der Waals surface area contributed by atoms with E-state index in [-0.39, 0.29) is 0 Å². The van der Waals surface area contributed by atoms with Crippen LogP contribution >= 0.6 is 0 Å². The molecule has 0 amide bonds. The van der Waals surface area contributed by atoms with Crippen molar-refractivity contribution in [3.63, 3.8) is 0 Å². The van der Waals surface area contributed by atoms with Crippen LogP contribution in [0.2, 0.25) is 0 Å². The first-order chi connectivity index (χ1) is 9.70. The van der Waals surface area contributed by atoms with Gasteiger partial charge >= 0.3 is 0 Å². The molecule has 2 rings (SSSR count). The number of nitrogen functional groups attached to an aromatic ring is 1. The number of nitrogens with two attached hydrogens (primary N) is 1. The summed E-state index contributed by atoms with van der Waals surface area (Å²) < 4.78 is 7.26. The molecular weight excluding hydrogens is 254 g/mol. The van der Waals surface area contributed by atoms with E-state index >= 15 is 0 Å². The molecule has 0 radical (unpaired) electrons. The van der Waals surface area contributed by atoms with E-state index in [0.29, 0.717) is 0 Å². The number of nitrogens with zero attached hydrogens (tertiary/aromatic N) is 4. The smallest absolute Gasteiger partial charge is 0.182 e. The number of hydrogen-bond donors (Lipinski definition) is 1. The van der Waals surface area contributed by atoms with Gasteiger partial charge < -0.3 is 10.5 Å². The molecule has 1 aromatic heterocycles. The monoisotopic (exact) mass is 275 g/mol. The lowest BCUT2D eigenvalue weighted by molar-refractivity contribution is 0.128. The maximum Gasteiger partial charge on any atom is 0.182 e. The minimum absolute atomic E-state index is 0.723. The molecule has 0 saturated heterocycles. The molecule has 2 N–H and O–H groups in total. The maximum atomic E-state index is 5.87. The van der Waals surface area contributed by atoms with Crippen LogP contribution in [0.3, 0.4) is 0 Å². The van der Waals surface area contributed by atoms with Crippen molar-refractivity contribution in [3.8, 4) is 11.4 Å². The lowest BCUT2D eigenvalue weighted by Crippen LogP contribution is -2.07. The second-order valence-electron chi connectivity index (χ2n) is 4.82. The number of ether oxygens (including phenoxy) is 1. The summed E-state index contributed by atoms with van der Waals surface area (Å²) in [6, 6.07) is 5.85. The van der Waals surface area contributed by atoms with E-state index in [2.05, 4.69) is 22.4 Å². The van der Waals surface area contributed by atoms with Gasteiger partial charge in [0.25, 0.3) is 0 Å². The highest BCUT2D eigenvalue weighted by atomic mass is 16.5. The summed E-state index contributed by atoms with van der Waals surface area (Å²) in [6.07, 6.45) is 1.93. The highest BCUT2D eigenvalue weighted by molar-refractivity contribution is 5.62. The van der Waals surface area contributed by atoms with Crippen LogP contribution in [0.5, 0.6) is 0 Å². The summed E-state index contributed by atoms with van der Waals surface area (Å²) in [5.74, 6) is 0.746. The molecule has 0 unspecified atom stereocenters. The number of anilines is 1. The molecule has 0 spiro atoms. The lowest BCUT2D eigenvalue weighted by atomic mass is 10.1. The zero-order chi connectivity index (χ0) is 14.4. The third kappa shape index (κ3) is 3.77. The second kappa shape index (κ2) is 7.00. The molecule has 1 heterocycles. The van der Waals surface area contributed by atoms with E-state index in [1.807, 2.05) is 25.1 Å². The van der Waals surface area contributed by atoms with Crippen LogP contribution in [-0.4, -0.2) is 33.4 Å². The van der Waals surface area contributed by atoms with Crippen molar-refractivity contribution in [1.29, 1.82) is 0 Å². The molecule has 2 aromatic rings. The largest absolute Gasteiger partial charge is 0.399 e. The molecule has 0 atom stereocenters. The van der Waals surface area contributed by atoms with Crippen molar-refractivity contribution in [2.75, 3.05) is 18.9 Å². The predicted octanol–water partition coefficient (Wildman–Crippen LogP) is 2.05. The normalized spacial score (nSPS) is 10.9. The Hall–Kier alpha value is -1.95. The quantitative estimate of drug-likeness (QED) is 0.618. The van der Waals surface area contributed by atoms with Crippen LogP contribution in [0.4, 0.5) is 5.69 Å². The van der Waals surface area contributed by atoms with Gasteiger partial charge in [-0.3, -0.25) is 0 Å². The fraction of sp³-hybridized carbons (Fsp3) is 0.500. The number of aryl methyl sites for hydroxylation is 2. The van der Waals surface area contributed by atoms with Gasteiger partial charge in [-0.25, -0.2) is 4.68 Å². The third-order valence-electron chi connectivity index (χ3n) is 2.90. The van der Waals surface area contributed by atoms with Gasteiger partial charge in [0.2, 0.25) is 0 Å². The Morgan fingerprint density at radius 2 is 2.10 bits per heavy atom. The van der Waals surface area contributed by atoms with Gasteiger partial charge in [0, 0.05) is 31.0 Å². The second-order valence-corrected chi connectivity index (χ2v) is 4.82. The molecule has 6 heteroatoms. The molecule has 0 aliphatic rings. The van der Waals surface area contributed by atoms with Crippen LogP contribution in [-0.2, 0) is 11.3 Å². The van der Waals surface area contributed by atoms with Crippen molar-refractivity contribution in [2.24, 2.45) is 0 Å². The molecule has 0 saturated carbocycles. The molecule has 0 fully saturated rings. The molecule has 1 aromatic carbocycles. The van der Waals surface area contributed by atoms with E-state index in [0.717, 1.165) is 55.2 Å². The summed E-state index contributed by atoms with van der Waals surface area (Å²) in [4.78, 5) is 0. The van der Waals surface area contributed by atoms with Gasteiger partial charge in [-0.15, -0.1) is 5.10 Å². The van der Waals surface area contributed by atoms with Gasteiger partial charge in [-0.2, -0.15) is 0 Å². The Morgan fingerprint density at radius 3 is 2.85 bits per heavy atom. The average Bonchev–Trinajstić information content (AvgIpc) is 2.86. The SMILES string of the molecule is CCCOCCCn1nnnc1-c1cc(C)cc(N)c1. The van der Waals surface area contributed by atoms with Crippen LogP contribution in [0.1, 0.15) is 25.3 Å². The summed E-state index contributed by atoms with van der Waals surface area (Å²) in [7, 11) is 0. The first-order valence-electron chi connectivity index (χ1n) is 6.92. The highest BCUT2D eigenvalue weighted by Crippen LogP contribution is 2.21. The Labute approximate surface area is 118 Å². The van der Waals surface area contributed by atoms with Crippen molar-refractivity contribution >= 4 is 5.69 Å². The van der Waals surface area contributed by atoms with Crippen LogP contribution in [0.25, 0.3) is 11.4 Å². The molecule has 0 aliphatic heterocycles. The van der Waals surface area contributed by atoms with E-state index in [4.69, 9.17) is 10.5 Å². The summed E-state index contributed by atoms with van der Waals surface area (Å²) in [5, 5.41) is 11.9. The van der Waals surface area contributed by atoms with Crippen LogP contribution in [0, 0.1) is 6.92 Å². The minimum atomic E-state index is 0.723. The minimum Gasteiger partial charge on any atom is -0.399 e. The Bertz CT molecular complexity index is 532. The van der Waals surface area contributed by atoms with Gasteiger partial charge in [-0.05, 0) is 54.0 Å². The molecule has 0 aliphatic carbocycles. The Kier molecular flexibility index (Phi) is 5.06. The number of tetrazole rings is 1. The van der Waals surface area contributed by atoms with E-state index in [9.17, 15) is 0 Å². The van der Waals surface area contributed by atoms with Crippen LogP contribution in [0.15, 0.2) is 18.2 Å². The first-order valence-corrected chi connectivity index (χ1v) is 6.92. The number of benzene rings is 1. The lowest BCUT2D eigenvalue weighted by Gasteiger charge is -2.07. The van der Waals surface area contributed by atoms with Crippen molar-refractivity contribution in [3.05, 3.63) is 23.8 Å². The number of rotatable bonds is 7. The highest BCUT2D eigenvalue weighted by Gasteiger charge is 2.09. The van der Waals surface area contributed by atoms with Crippen LogP contribution < -0.4 is 5.73 Å². The Balaban J connectivity index is 2.04.